The zero-order valence-electron chi connectivity index (χ0n) is 25.9. The Morgan fingerprint density at radius 1 is 0.895 bits per heavy atom. The van der Waals surface area contributed by atoms with Crippen LogP contribution in [0.3, 0.4) is 0 Å². The largest absolute Gasteiger partial charge is 0.487 e. The summed E-state index contributed by atoms with van der Waals surface area (Å²) in [5.74, 6) is 3.31. The minimum absolute atomic E-state index is 0.130. The predicted molar refractivity (Wildman–Crippen MR) is 157 cm³/mol. The maximum Gasteiger partial charge on any atom is 0.330 e. The maximum atomic E-state index is 12.3. The molecular weight excluding hydrogens is 474 g/mol. The molecule has 1 aromatic rings. The van der Waals surface area contributed by atoms with Crippen molar-refractivity contribution in [2.24, 2.45) is 17.8 Å². The molecule has 1 N–H and O–H groups in total. The Morgan fingerprint density at radius 2 is 1.47 bits per heavy atom. The molecule has 1 aliphatic rings. The average molecular weight is 530 g/mol. The van der Waals surface area contributed by atoms with E-state index in [1.54, 1.807) is 0 Å². The third-order valence-electron chi connectivity index (χ3n) is 8.54. The number of hydrogen-bond acceptors (Lipinski definition) is 4. The monoisotopic (exact) mass is 529 g/mol. The van der Waals surface area contributed by atoms with Crippen molar-refractivity contribution in [3.63, 3.8) is 0 Å². The summed E-state index contributed by atoms with van der Waals surface area (Å²) in [6.45, 7) is 19.0. The third kappa shape index (κ3) is 9.93. The lowest BCUT2D eigenvalue weighted by atomic mass is 9.83. The van der Waals surface area contributed by atoms with E-state index in [0.717, 1.165) is 65.0 Å². The summed E-state index contributed by atoms with van der Waals surface area (Å²) in [6.07, 6.45) is 13.5. The van der Waals surface area contributed by atoms with Gasteiger partial charge in [-0.25, -0.2) is 4.79 Å². The lowest BCUT2D eigenvalue weighted by Crippen LogP contribution is -2.37. The van der Waals surface area contributed by atoms with E-state index in [0.29, 0.717) is 5.75 Å². The summed E-state index contributed by atoms with van der Waals surface area (Å²) < 4.78 is 12.4. The minimum Gasteiger partial charge on any atom is -0.487 e. The topological polar surface area (TPSA) is 64.6 Å². The van der Waals surface area contributed by atoms with Crippen LogP contribution in [0.1, 0.15) is 128 Å². The molecule has 0 aliphatic carbocycles. The molecule has 0 saturated heterocycles. The van der Waals surface area contributed by atoms with Crippen LogP contribution in [-0.2, 0) is 16.0 Å². The van der Waals surface area contributed by atoms with Gasteiger partial charge in [0.15, 0.2) is 0 Å². The van der Waals surface area contributed by atoms with Gasteiger partial charge in [0.1, 0.15) is 23.6 Å². The van der Waals surface area contributed by atoms with Gasteiger partial charge in [0.05, 0.1) is 0 Å². The predicted octanol–water partition coefficient (Wildman–Crippen LogP) is 8.18. The molecule has 5 nitrogen and oxygen atoms in total. The third-order valence-corrected chi connectivity index (χ3v) is 8.54. The van der Waals surface area contributed by atoms with E-state index in [4.69, 9.17) is 9.47 Å². The Kier molecular flexibility index (Phi) is 12.6. The molecule has 0 radical (unpaired) electrons. The van der Waals surface area contributed by atoms with Gasteiger partial charge >= 0.3 is 5.97 Å². The van der Waals surface area contributed by atoms with Crippen molar-refractivity contribution < 1.29 is 19.1 Å². The molecule has 216 valence electrons. The molecule has 5 heteroatoms. The van der Waals surface area contributed by atoms with Crippen molar-refractivity contribution in [3.8, 4) is 11.5 Å². The number of rotatable bonds is 15. The lowest BCUT2D eigenvalue weighted by molar-refractivity contribution is -0.135. The van der Waals surface area contributed by atoms with Crippen molar-refractivity contribution in [1.29, 1.82) is 0 Å². The van der Waals surface area contributed by atoms with Crippen LogP contribution in [-0.4, -0.2) is 24.0 Å². The van der Waals surface area contributed by atoms with Crippen LogP contribution in [0, 0.1) is 38.5 Å². The van der Waals surface area contributed by atoms with Crippen LogP contribution in [0.25, 0.3) is 0 Å². The van der Waals surface area contributed by atoms with Gasteiger partial charge in [-0.15, -0.1) is 0 Å². The van der Waals surface area contributed by atoms with Crippen LogP contribution < -0.4 is 14.8 Å². The van der Waals surface area contributed by atoms with Gasteiger partial charge in [-0.1, -0.05) is 72.6 Å². The number of amides is 1. The van der Waals surface area contributed by atoms with Gasteiger partial charge in [-0.3, -0.25) is 4.79 Å². The zero-order valence-corrected chi connectivity index (χ0v) is 25.9. The van der Waals surface area contributed by atoms with E-state index >= 15 is 0 Å². The number of fused-ring (bicyclic) bond motifs is 1. The average Bonchev–Trinajstić information content (AvgIpc) is 2.83. The molecule has 3 atom stereocenters. The summed E-state index contributed by atoms with van der Waals surface area (Å²) >= 11 is 0. The number of carbonyl (C=O) groups excluding carboxylic acids is 2. The van der Waals surface area contributed by atoms with E-state index in [9.17, 15) is 9.59 Å². The van der Waals surface area contributed by atoms with Crippen molar-refractivity contribution in [2.75, 3.05) is 6.54 Å². The Morgan fingerprint density at radius 3 is 2.05 bits per heavy atom. The van der Waals surface area contributed by atoms with Gasteiger partial charge in [0, 0.05) is 12.5 Å². The quantitative estimate of drug-likeness (QED) is 0.184. The number of nitrogens with one attached hydrogen (secondary N) is 1. The SMILES string of the molecule is CC(=O)NCC(=O)Oc1c(C)c(C)c2c(c1C)CCC(C)(CCCC(C)CCCC(C)CCCC(C)C)O2. The molecule has 0 fully saturated rings. The van der Waals surface area contributed by atoms with E-state index in [2.05, 4.69) is 46.9 Å². The van der Waals surface area contributed by atoms with Gasteiger partial charge < -0.3 is 14.8 Å². The molecule has 38 heavy (non-hydrogen) atoms. The number of benzene rings is 1. The lowest BCUT2D eigenvalue weighted by Gasteiger charge is -2.38. The first-order chi connectivity index (χ1) is 17.8. The van der Waals surface area contributed by atoms with E-state index < -0.39 is 5.97 Å². The molecule has 1 aliphatic heterocycles. The summed E-state index contributed by atoms with van der Waals surface area (Å²) in [6, 6.07) is 0. The highest BCUT2D eigenvalue weighted by Gasteiger charge is 2.34. The van der Waals surface area contributed by atoms with Gasteiger partial charge in [-0.05, 0) is 87.8 Å². The highest BCUT2D eigenvalue weighted by molar-refractivity contribution is 5.82. The molecule has 0 aromatic heterocycles. The van der Waals surface area contributed by atoms with Crippen molar-refractivity contribution in [3.05, 3.63) is 22.3 Å². The van der Waals surface area contributed by atoms with Crippen LogP contribution in [0.4, 0.5) is 0 Å². The first-order valence-electron chi connectivity index (χ1n) is 15.1. The van der Waals surface area contributed by atoms with Crippen molar-refractivity contribution in [2.45, 2.75) is 139 Å². The molecule has 3 unspecified atom stereocenters. The van der Waals surface area contributed by atoms with Crippen molar-refractivity contribution in [1.82, 2.24) is 5.32 Å². The van der Waals surface area contributed by atoms with Gasteiger partial charge in [0.2, 0.25) is 5.91 Å². The first-order valence-corrected chi connectivity index (χ1v) is 15.1. The second kappa shape index (κ2) is 14.9. The van der Waals surface area contributed by atoms with E-state index in [1.165, 1.54) is 58.3 Å². The number of hydrogen-bond donors (Lipinski definition) is 1. The number of carbonyl (C=O) groups is 2. The number of ether oxygens (including phenoxy) is 2. The summed E-state index contributed by atoms with van der Waals surface area (Å²) in [5, 5.41) is 2.51. The van der Waals surface area contributed by atoms with Crippen LogP contribution in [0.5, 0.6) is 11.5 Å². The fraction of sp³-hybridized carbons (Fsp3) is 0.758. The summed E-state index contributed by atoms with van der Waals surface area (Å²) in [5.41, 5.74) is 3.91. The summed E-state index contributed by atoms with van der Waals surface area (Å²) in [4.78, 5) is 23.4. The molecule has 1 aromatic carbocycles. The fourth-order valence-electron chi connectivity index (χ4n) is 5.76. The maximum absolute atomic E-state index is 12.3. The summed E-state index contributed by atoms with van der Waals surface area (Å²) in [7, 11) is 0. The van der Waals surface area contributed by atoms with Gasteiger partial charge in [0.25, 0.3) is 0 Å². The molecule has 0 saturated carbocycles. The second-order valence-corrected chi connectivity index (χ2v) is 12.8. The van der Waals surface area contributed by atoms with Crippen LogP contribution in [0.2, 0.25) is 0 Å². The normalized spacial score (nSPS) is 18.5. The molecule has 0 spiro atoms. The molecule has 2 rings (SSSR count). The fourth-order valence-corrected chi connectivity index (χ4v) is 5.76. The molecular formula is C33H55NO4. The Balaban J connectivity index is 1.87. The Bertz CT molecular complexity index is 938. The van der Waals surface area contributed by atoms with Gasteiger partial charge in [-0.2, -0.15) is 0 Å². The highest BCUT2D eigenvalue weighted by Crippen LogP contribution is 2.45. The Labute approximate surface area is 232 Å². The molecule has 0 bridgehead atoms. The van der Waals surface area contributed by atoms with E-state index in [1.807, 2.05) is 13.8 Å². The molecule has 1 amide bonds. The van der Waals surface area contributed by atoms with E-state index in [-0.39, 0.29) is 18.1 Å². The highest BCUT2D eigenvalue weighted by atomic mass is 16.5. The van der Waals surface area contributed by atoms with Crippen LogP contribution in [0.15, 0.2) is 0 Å². The minimum atomic E-state index is -0.456. The van der Waals surface area contributed by atoms with Crippen molar-refractivity contribution >= 4 is 11.9 Å². The smallest absolute Gasteiger partial charge is 0.330 e. The molecule has 1 heterocycles. The van der Waals surface area contributed by atoms with Crippen LogP contribution >= 0.6 is 0 Å². The first kappa shape index (κ1) is 32.2. The standard InChI is InChI=1S/C33H55NO4/c1-22(2)13-10-14-23(3)15-11-16-24(4)17-12-19-33(9)20-18-29-27(7)31(25(5)26(6)32(29)38-33)37-30(36)21-34-28(8)35/h22-24H,10-21H2,1-9H3,(H,34,35). The number of esters is 1. The second-order valence-electron chi connectivity index (χ2n) is 12.8. The Hall–Kier alpha value is -2.04. The zero-order chi connectivity index (χ0) is 28.5.